The van der Waals surface area contributed by atoms with Crippen LogP contribution in [0.2, 0.25) is 0 Å². The van der Waals surface area contributed by atoms with Crippen LogP contribution in [0, 0.1) is 6.92 Å². The van der Waals surface area contributed by atoms with Gasteiger partial charge in [0.15, 0.2) is 0 Å². The molecule has 3 heteroatoms. The first-order valence-corrected chi connectivity index (χ1v) is 6.48. The Kier molecular flexibility index (Phi) is 2.71. The summed E-state index contributed by atoms with van der Waals surface area (Å²) in [5, 5.41) is 0. The van der Waals surface area contributed by atoms with Crippen molar-refractivity contribution in [3.63, 3.8) is 0 Å². The van der Waals surface area contributed by atoms with Gasteiger partial charge < -0.3 is 15.4 Å². The van der Waals surface area contributed by atoms with E-state index in [1.807, 2.05) is 0 Å². The van der Waals surface area contributed by atoms with Crippen LogP contribution in [-0.4, -0.2) is 26.3 Å². The van der Waals surface area contributed by atoms with Crippen molar-refractivity contribution >= 4 is 11.4 Å². The number of nitrogen functional groups attached to an aromatic ring is 1. The van der Waals surface area contributed by atoms with Gasteiger partial charge in [0, 0.05) is 13.1 Å². The fraction of sp³-hybridized carbons (Fsp3) is 0.571. The van der Waals surface area contributed by atoms with Crippen molar-refractivity contribution in [3.8, 4) is 0 Å². The van der Waals surface area contributed by atoms with Crippen molar-refractivity contribution in [2.75, 3.05) is 36.9 Å². The van der Waals surface area contributed by atoms with Crippen LogP contribution < -0.4 is 10.6 Å². The molecule has 17 heavy (non-hydrogen) atoms. The van der Waals surface area contributed by atoms with E-state index in [9.17, 15) is 0 Å². The molecule has 1 aliphatic heterocycles. The first kappa shape index (κ1) is 10.9. The van der Waals surface area contributed by atoms with Crippen molar-refractivity contribution in [3.05, 3.63) is 23.3 Å². The van der Waals surface area contributed by atoms with Gasteiger partial charge >= 0.3 is 0 Å². The number of hydrogen-bond donors (Lipinski definition) is 1. The summed E-state index contributed by atoms with van der Waals surface area (Å²) < 4.78 is 5.38. The van der Waals surface area contributed by atoms with Crippen LogP contribution in [0.25, 0.3) is 0 Å². The van der Waals surface area contributed by atoms with E-state index in [0.717, 1.165) is 37.9 Å². The fourth-order valence-electron chi connectivity index (χ4n) is 2.64. The summed E-state index contributed by atoms with van der Waals surface area (Å²) >= 11 is 0. The lowest BCUT2D eigenvalue weighted by atomic mass is 10.0. The lowest BCUT2D eigenvalue weighted by Gasteiger charge is -2.30. The highest BCUT2D eigenvalue weighted by atomic mass is 16.5. The van der Waals surface area contributed by atoms with Crippen LogP contribution in [0.5, 0.6) is 0 Å². The standard InChI is InChI=1S/C14H20N2O/c1-10-8-14(16-4-6-17-7-5-16)13(15)9-12(10)11-2-3-11/h8-9,11H,2-7,15H2,1H3. The molecule has 1 heterocycles. The highest BCUT2D eigenvalue weighted by Crippen LogP contribution is 2.43. The molecular weight excluding hydrogens is 212 g/mol. The van der Waals surface area contributed by atoms with Gasteiger partial charge in [0.1, 0.15) is 0 Å². The van der Waals surface area contributed by atoms with Gasteiger partial charge in [-0.15, -0.1) is 0 Å². The van der Waals surface area contributed by atoms with Crippen molar-refractivity contribution in [1.29, 1.82) is 0 Å². The van der Waals surface area contributed by atoms with Crippen LogP contribution in [0.15, 0.2) is 12.1 Å². The number of benzene rings is 1. The lowest BCUT2D eigenvalue weighted by Crippen LogP contribution is -2.36. The molecular formula is C14H20N2O. The molecule has 92 valence electrons. The maximum absolute atomic E-state index is 6.20. The van der Waals surface area contributed by atoms with Gasteiger partial charge in [-0.25, -0.2) is 0 Å². The van der Waals surface area contributed by atoms with E-state index in [4.69, 9.17) is 10.5 Å². The molecule has 1 saturated heterocycles. The topological polar surface area (TPSA) is 38.5 Å². The SMILES string of the molecule is Cc1cc(N2CCOCC2)c(N)cc1C1CC1. The maximum Gasteiger partial charge on any atom is 0.0642 e. The molecule has 0 aromatic heterocycles. The normalized spacial score (nSPS) is 20.6. The molecule has 0 amide bonds. The summed E-state index contributed by atoms with van der Waals surface area (Å²) in [6.07, 6.45) is 2.66. The predicted octanol–water partition coefficient (Wildman–Crippen LogP) is 2.29. The van der Waals surface area contributed by atoms with E-state index in [0.29, 0.717) is 0 Å². The monoisotopic (exact) mass is 232 g/mol. The summed E-state index contributed by atoms with van der Waals surface area (Å²) in [6.45, 7) is 5.72. The van der Waals surface area contributed by atoms with Gasteiger partial charge in [0.2, 0.25) is 0 Å². The average Bonchev–Trinajstić information content (AvgIpc) is 3.17. The number of nitrogens with zero attached hydrogens (tertiary/aromatic N) is 1. The number of nitrogens with two attached hydrogens (primary N) is 1. The Balaban J connectivity index is 1.90. The summed E-state index contributed by atoms with van der Waals surface area (Å²) in [6, 6.07) is 4.45. The fourth-order valence-corrected chi connectivity index (χ4v) is 2.64. The zero-order chi connectivity index (χ0) is 11.8. The van der Waals surface area contributed by atoms with Crippen LogP contribution in [0.3, 0.4) is 0 Å². The highest BCUT2D eigenvalue weighted by Gasteiger charge is 2.26. The van der Waals surface area contributed by atoms with E-state index in [-0.39, 0.29) is 0 Å². The van der Waals surface area contributed by atoms with Crippen LogP contribution in [0.1, 0.15) is 29.9 Å². The molecule has 1 aliphatic carbocycles. The average molecular weight is 232 g/mol. The number of hydrogen-bond acceptors (Lipinski definition) is 3. The molecule has 2 N–H and O–H groups in total. The lowest BCUT2D eigenvalue weighted by molar-refractivity contribution is 0.123. The third-order valence-electron chi connectivity index (χ3n) is 3.78. The third-order valence-corrected chi connectivity index (χ3v) is 3.78. The van der Waals surface area contributed by atoms with Crippen molar-refractivity contribution in [2.45, 2.75) is 25.7 Å². The molecule has 3 rings (SSSR count). The molecule has 3 nitrogen and oxygen atoms in total. The quantitative estimate of drug-likeness (QED) is 0.795. The largest absolute Gasteiger partial charge is 0.397 e. The Morgan fingerprint density at radius 1 is 1.24 bits per heavy atom. The second kappa shape index (κ2) is 4.22. The van der Waals surface area contributed by atoms with Gasteiger partial charge in [-0.2, -0.15) is 0 Å². The summed E-state index contributed by atoms with van der Waals surface area (Å²) in [4.78, 5) is 2.34. The summed E-state index contributed by atoms with van der Waals surface area (Å²) in [7, 11) is 0. The second-order valence-electron chi connectivity index (χ2n) is 5.14. The van der Waals surface area contributed by atoms with Crippen molar-refractivity contribution in [1.82, 2.24) is 0 Å². The van der Waals surface area contributed by atoms with Crippen LogP contribution in [0.4, 0.5) is 11.4 Å². The molecule has 0 bridgehead atoms. The Labute approximate surface area is 103 Å². The van der Waals surface area contributed by atoms with Gasteiger partial charge in [0.25, 0.3) is 0 Å². The second-order valence-corrected chi connectivity index (χ2v) is 5.14. The molecule has 1 aromatic carbocycles. The van der Waals surface area contributed by atoms with E-state index in [2.05, 4.69) is 24.0 Å². The number of anilines is 2. The minimum atomic E-state index is 0.774. The highest BCUT2D eigenvalue weighted by molar-refractivity contribution is 5.70. The zero-order valence-electron chi connectivity index (χ0n) is 10.4. The maximum atomic E-state index is 6.20. The van der Waals surface area contributed by atoms with E-state index < -0.39 is 0 Å². The Hall–Kier alpha value is -1.22. The van der Waals surface area contributed by atoms with Gasteiger partial charge in [0.05, 0.1) is 24.6 Å². The molecule has 1 aromatic rings. The first-order chi connectivity index (χ1) is 8.25. The van der Waals surface area contributed by atoms with E-state index >= 15 is 0 Å². The molecule has 2 aliphatic rings. The van der Waals surface area contributed by atoms with Gasteiger partial charge in [-0.1, -0.05) is 0 Å². The molecule has 2 fully saturated rings. The van der Waals surface area contributed by atoms with Crippen molar-refractivity contribution < 1.29 is 4.74 Å². The van der Waals surface area contributed by atoms with Crippen LogP contribution >= 0.6 is 0 Å². The number of ether oxygens (including phenoxy) is 1. The van der Waals surface area contributed by atoms with E-state index in [1.165, 1.54) is 29.7 Å². The number of morpholine rings is 1. The van der Waals surface area contributed by atoms with Crippen LogP contribution in [-0.2, 0) is 4.74 Å². The predicted molar refractivity (Wildman–Crippen MR) is 70.6 cm³/mol. The van der Waals surface area contributed by atoms with Gasteiger partial charge in [-0.05, 0) is 48.9 Å². The number of rotatable bonds is 2. The summed E-state index contributed by atoms with van der Waals surface area (Å²) in [5.41, 5.74) is 11.2. The Morgan fingerprint density at radius 2 is 1.94 bits per heavy atom. The molecule has 1 saturated carbocycles. The van der Waals surface area contributed by atoms with Crippen molar-refractivity contribution in [2.24, 2.45) is 0 Å². The van der Waals surface area contributed by atoms with Gasteiger partial charge in [-0.3, -0.25) is 0 Å². The molecule has 0 atom stereocenters. The van der Waals surface area contributed by atoms with E-state index in [1.54, 1.807) is 0 Å². The molecule has 0 radical (unpaired) electrons. The smallest absolute Gasteiger partial charge is 0.0642 e. The first-order valence-electron chi connectivity index (χ1n) is 6.48. The zero-order valence-corrected chi connectivity index (χ0v) is 10.4. The third kappa shape index (κ3) is 2.12. The molecule has 0 spiro atoms. The molecule has 0 unspecified atom stereocenters. The Bertz CT molecular complexity index is 420. The Morgan fingerprint density at radius 3 is 2.59 bits per heavy atom. The minimum Gasteiger partial charge on any atom is -0.397 e. The number of aryl methyl sites for hydroxylation is 1. The summed E-state index contributed by atoms with van der Waals surface area (Å²) in [5.74, 6) is 0.774. The minimum absolute atomic E-state index is 0.774.